The Kier molecular flexibility index (Phi) is 5.92. The van der Waals surface area contributed by atoms with E-state index in [1.165, 1.54) is 4.90 Å². The first kappa shape index (κ1) is 19.6. The quantitative estimate of drug-likeness (QED) is 0.543. The molecule has 0 radical (unpaired) electrons. The number of amides is 1. The van der Waals surface area contributed by atoms with Crippen LogP contribution in [0.2, 0.25) is 0 Å². The highest BCUT2D eigenvalue weighted by Crippen LogP contribution is 2.28. The van der Waals surface area contributed by atoms with Crippen LogP contribution < -0.4 is 16.0 Å². The van der Waals surface area contributed by atoms with Crippen molar-refractivity contribution < 1.29 is 14.4 Å². The number of carbonyl (C=O) groups excluding carboxylic acids is 1. The number of aryl methyl sites for hydroxylation is 1. The third-order valence-corrected chi connectivity index (χ3v) is 5.52. The number of carbonyl (C=O) groups is 1. The lowest BCUT2D eigenvalue weighted by Gasteiger charge is -2.23. The highest BCUT2D eigenvalue weighted by Gasteiger charge is 2.24. The molecule has 0 bridgehead atoms. The van der Waals surface area contributed by atoms with Gasteiger partial charge >= 0.3 is 0 Å². The molecular weight excluding hydrogens is 368 g/mol. The van der Waals surface area contributed by atoms with E-state index in [2.05, 4.69) is 12.2 Å². The second-order valence-electron chi connectivity index (χ2n) is 7.52. The van der Waals surface area contributed by atoms with Crippen LogP contribution in [-0.2, 0) is 11.3 Å². The first-order valence-electron chi connectivity index (χ1n) is 10.4. The predicted molar refractivity (Wildman–Crippen MR) is 113 cm³/mol. The molecule has 8 nitrogen and oxygen atoms in total. The van der Waals surface area contributed by atoms with E-state index in [0.717, 1.165) is 63.3 Å². The van der Waals surface area contributed by atoms with E-state index in [4.69, 9.17) is 20.4 Å². The van der Waals surface area contributed by atoms with E-state index < -0.39 is 0 Å². The lowest BCUT2D eigenvalue weighted by Crippen LogP contribution is -3.14. The molecule has 1 saturated heterocycles. The molecule has 0 saturated carbocycles. The van der Waals surface area contributed by atoms with Crippen LogP contribution in [0.25, 0.3) is 22.2 Å². The number of rotatable bonds is 7. The number of fused-ring (bicyclic) bond motifs is 2. The van der Waals surface area contributed by atoms with Crippen LogP contribution >= 0.6 is 0 Å². The number of aromatic nitrogens is 3. The van der Waals surface area contributed by atoms with Crippen molar-refractivity contribution in [3.8, 4) is 0 Å². The summed E-state index contributed by atoms with van der Waals surface area (Å²) in [5.74, 6) is 0.264. The number of morpholine rings is 1. The minimum Gasteiger partial charge on any atom is -0.384 e. The first-order valence-corrected chi connectivity index (χ1v) is 10.4. The summed E-state index contributed by atoms with van der Waals surface area (Å²) in [6.45, 7) is 7.83. The van der Waals surface area contributed by atoms with Crippen molar-refractivity contribution in [3.05, 3.63) is 29.8 Å². The molecule has 29 heavy (non-hydrogen) atoms. The summed E-state index contributed by atoms with van der Waals surface area (Å²) in [6, 6.07) is 7.70. The number of benzene rings is 1. The molecule has 1 fully saturated rings. The van der Waals surface area contributed by atoms with E-state index in [0.29, 0.717) is 29.1 Å². The molecule has 4 N–H and O–H groups in total. The van der Waals surface area contributed by atoms with Gasteiger partial charge in [-0.3, -0.25) is 4.79 Å². The van der Waals surface area contributed by atoms with E-state index in [1.807, 2.05) is 28.8 Å². The highest BCUT2D eigenvalue weighted by molar-refractivity contribution is 6.10. The van der Waals surface area contributed by atoms with E-state index in [1.54, 1.807) is 0 Å². The normalized spacial score (nSPS) is 15.2. The molecule has 2 aromatic heterocycles. The molecule has 0 aliphatic carbocycles. The number of nitrogens with zero attached hydrogens (tertiary/aromatic N) is 3. The summed E-state index contributed by atoms with van der Waals surface area (Å²) < 4.78 is 7.32. The Bertz CT molecular complexity index is 1010. The minimum absolute atomic E-state index is 0.181. The Hall–Kier alpha value is -2.71. The van der Waals surface area contributed by atoms with Gasteiger partial charge in [-0.05, 0) is 18.6 Å². The van der Waals surface area contributed by atoms with Crippen LogP contribution in [0.5, 0.6) is 0 Å². The summed E-state index contributed by atoms with van der Waals surface area (Å²) in [7, 11) is 0. The van der Waals surface area contributed by atoms with Gasteiger partial charge in [0.1, 0.15) is 30.0 Å². The van der Waals surface area contributed by atoms with Crippen molar-refractivity contribution in [1.29, 1.82) is 0 Å². The average molecular weight is 398 g/mol. The molecule has 1 aromatic carbocycles. The molecule has 0 unspecified atom stereocenters. The molecule has 1 aliphatic rings. The Labute approximate surface area is 170 Å². The first-order chi connectivity index (χ1) is 14.2. The number of hydrogen-bond donors (Lipinski definition) is 3. The predicted octanol–water partition coefficient (Wildman–Crippen LogP) is 0.612. The zero-order chi connectivity index (χ0) is 20.2. The Morgan fingerprint density at radius 3 is 2.69 bits per heavy atom. The number of nitrogens with two attached hydrogens (primary N) is 1. The Morgan fingerprint density at radius 2 is 1.97 bits per heavy atom. The lowest BCUT2D eigenvalue weighted by atomic mass is 10.2. The van der Waals surface area contributed by atoms with Crippen molar-refractivity contribution in [2.45, 2.75) is 26.3 Å². The van der Waals surface area contributed by atoms with Gasteiger partial charge in [0.05, 0.1) is 37.3 Å². The lowest BCUT2D eigenvalue weighted by molar-refractivity contribution is -0.906. The molecular formula is C21H29N6O2+. The van der Waals surface area contributed by atoms with Gasteiger partial charge in [-0.1, -0.05) is 25.5 Å². The van der Waals surface area contributed by atoms with Crippen LogP contribution in [-0.4, -0.2) is 59.8 Å². The van der Waals surface area contributed by atoms with Crippen LogP contribution in [0.1, 0.15) is 30.1 Å². The average Bonchev–Trinajstić information content (AvgIpc) is 3.01. The maximum atomic E-state index is 13.0. The fraction of sp³-hybridized carbons (Fsp3) is 0.476. The molecule has 1 aliphatic heterocycles. The Morgan fingerprint density at radius 1 is 1.24 bits per heavy atom. The molecule has 0 atom stereocenters. The summed E-state index contributed by atoms with van der Waals surface area (Å²) >= 11 is 0. The van der Waals surface area contributed by atoms with Gasteiger partial charge in [0.15, 0.2) is 5.65 Å². The van der Waals surface area contributed by atoms with Crippen molar-refractivity contribution in [1.82, 2.24) is 19.9 Å². The number of nitrogen functional groups attached to an aromatic ring is 1. The van der Waals surface area contributed by atoms with Crippen molar-refractivity contribution in [2.75, 3.05) is 45.1 Å². The summed E-state index contributed by atoms with van der Waals surface area (Å²) in [5.41, 5.74) is 9.70. The van der Waals surface area contributed by atoms with Gasteiger partial charge in [-0.25, -0.2) is 9.97 Å². The van der Waals surface area contributed by atoms with E-state index in [-0.39, 0.29) is 5.91 Å². The smallest absolute Gasteiger partial charge is 0.257 e. The molecule has 1 amide bonds. The zero-order valence-corrected chi connectivity index (χ0v) is 16.9. The van der Waals surface area contributed by atoms with Crippen LogP contribution in [0.3, 0.4) is 0 Å². The van der Waals surface area contributed by atoms with Gasteiger partial charge in [0.25, 0.3) is 5.91 Å². The third-order valence-electron chi connectivity index (χ3n) is 5.52. The SMILES string of the molecule is CCCCn1c(N)c(C(=O)NCC[NH+]2CCOCC2)c2nc3ccccc3nc21. The number of unbranched alkanes of at least 4 members (excludes halogenated alkanes) is 1. The Balaban J connectivity index is 1.63. The summed E-state index contributed by atoms with van der Waals surface area (Å²) in [5, 5.41) is 3.04. The fourth-order valence-corrected chi connectivity index (χ4v) is 3.83. The van der Waals surface area contributed by atoms with Gasteiger partial charge in [-0.15, -0.1) is 0 Å². The molecule has 0 spiro atoms. The summed E-state index contributed by atoms with van der Waals surface area (Å²) in [6.07, 6.45) is 1.99. The fourth-order valence-electron chi connectivity index (χ4n) is 3.83. The van der Waals surface area contributed by atoms with Gasteiger partial charge in [-0.2, -0.15) is 0 Å². The topological polar surface area (TPSA) is 99.5 Å². The largest absolute Gasteiger partial charge is 0.384 e. The number of ether oxygens (including phenoxy) is 1. The molecule has 8 heteroatoms. The second-order valence-corrected chi connectivity index (χ2v) is 7.52. The molecule has 154 valence electrons. The second kappa shape index (κ2) is 8.75. The van der Waals surface area contributed by atoms with Crippen molar-refractivity contribution in [2.24, 2.45) is 0 Å². The third kappa shape index (κ3) is 4.04. The number of hydrogen-bond acceptors (Lipinski definition) is 5. The molecule has 3 aromatic rings. The van der Waals surface area contributed by atoms with Gasteiger partial charge < -0.3 is 25.3 Å². The maximum absolute atomic E-state index is 13.0. The highest BCUT2D eigenvalue weighted by atomic mass is 16.5. The van der Waals surface area contributed by atoms with E-state index in [9.17, 15) is 4.79 Å². The maximum Gasteiger partial charge on any atom is 0.257 e. The number of nitrogens with one attached hydrogen (secondary N) is 2. The number of quaternary nitrogens is 1. The van der Waals surface area contributed by atoms with Crippen molar-refractivity contribution in [3.63, 3.8) is 0 Å². The molecule has 3 heterocycles. The van der Waals surface area contributed by atoms with Gasteiger partial charge in [0, 0.05) is 6.54 Å². The monoisotopic (exact) mass is 397 g/mol. The van der Waals surface area contributed by atoms with Crippen LogP contribution in [0, 0.1) is 0 Å². The molecule has 4 rings (SSSR count). The zero-order valence-electron chi connectivity index (χ0n) is 16.9. The van der Waals surface area contributed by atoms with Crippen LogP contribution in [0.4, 0.5) is 5.82 Å². The number of para-hydroxylation sites is 2. The van der Waals surface area contributed by atoms with Crippen molar-refractivity contribution >= 4 is 33.9 Å². The van der Waals surface area contributed by atoms with Gasteiger partial charge in [0.2, 0.25) is 0 Å². The standard InChI is InChI=1S/C21H28N6O2/c1-2-3-9-27-19(22)17(21(28)23-8-10-26-11-13-29-14-12-26)18-20(27)25-16-7-5-4-6-15(16)24-18/h4-7H,2-3,8-14,22H2,1H3,(H,23,28)/p+1. The number of anilines is 1. The summed E-state index contributed by atoms with van der Waals surface area (Å²) in [4.78, 5) is 24.0. The van der Waals surface area contributed by atoms with Crippen LogP contribution in [0.15, 0.2) is 24.3 Å². The minimum atomic E-state index is -0.181. The van der Waals surface area contributed by atoms with E-state index >= 15 is 0 Å².